The summed E-state index contributed by atoms with van der Waals surface area (Å²) in [5.41, 5.74) is 3.00. The number of carbonyl (C=O) groups excluding carboxylic acids is 2. The van der Waals surface area contributed by atoms with Crippen LogP contribution in [0.25, 0.3) is 0 Å². The predicted octanol–water partition coefficient (Wildman–Crippen LogP) is 2.98. The Hall–Kier alpha value is -2.21. The van der Waals surface area contributed by atoms with Crippen molar-refractivity contribution >= 4 is 39.1 Å². The maximum absolute atomic E-state index is 12.3. The molecular weight excluding hydrogens is 334 g/mol. The van der Waals surface area contributed by atoms with Gasteiger partial charge in [0.2, 0.25) is 5.91 Å². The normalized spacial score (nSPS) is 13.3. The van der Waals surface area contributed by atoms with Crippen LogP contribution < -0.4 is 10.6 Å². The van der Waals surface area contributed by atoms with Gasteiger partial charge in [0.15, 0.2) is 0 Å². The molecule has 0 spiro atoms. The summed E-state index contributed by atoms with van der Waals surface area (Å²) in [6.45, 7) is 0. The SMILES string of the molecule is O=C1CCc2cc(C(=O)Nc3ccncc3Br)ccc2N1. The third-order valence-corrected chi connectivity index (χ3v) is 3.92. The van der Waals surface area contributed by atoms with Gasteiger partial charge in [-0.3, -0.25) is 14.6 Å². The van der Waals surface area contributed by atoms with Crippen LogP contribution in [0, 0.1) is 0 Å². The first-order valence-corrected chi connectivity index (χ1v) is 7.26. The van der Waals surface area contributed by atoms with Crippen LogP contribution in [0.5, 0.6) is 0 Å². The van der Waals surface area contributed by atoms with Gasteiger partial charge in [0.05, 0.1) is 10.2 Å². The highest BCUT2D eigenvalue weighted by Crippen LogP contribution is 2.25. The lowest BCUT2D eigenvalue weighted by atomic mass is 10.00. The quantitative estimate of drug-likeness (QED) is 0.878. The molecule has 0 fully saturated rings. The highest BCUT2D eigenvalue weighted by molar-refractivity contribution is 9.10. The second-order valence-electron chi connectivity index (χ2n) is 4.73. The lowest BCUT2D eigenvalue weighted by Crippen LogP contribution is -2.20. The predicted molar refractivity (Wildman–Crippen MR) is 83.3 cm³/mol. The Morgan fingerprint density at radius 2 is 2.14 bits per heavy atom. The van der Waals surface area contributed by atoms with Crippen molar-refractivity contribution in [3.8, 4) is 0 Å². The number of pyridine rings is 1. The molecule has 0 bridgehead atoms. The monoisotopic (exact) mass is 345 g/mol. The number of anilines is 2. The van der Waals surface area contributed by atoms with Gasteiger partial charge < -0.3 is 10.6 Å². The molecule has 1 aromatic heterocycles. The number of halogens is 1. The van der Waals surface area contributed by atoms with E-state index < -0.39 is 0 Å². The summed E-state index contributed by atoms with van der Waals surface area (Å²) in [5.74, 6) is -0.179. The van der Waals surface area contributed by atoms with Gasteiger partial charge >= 0.3 is 0 Å². The summed E-state index contributed by atoms with van der Waals surface area (Å²) in [5, 5.41) is 5.63. The topological polar surface area (TPSA) is 71.1 Å². The zero-order valence-corrected chi connectivity index (χ0v) is 12.6. The van der Waals surface area contributed by atoms with Crippen molar-refractivity contribution in [2.45, 2.75) is 12.8 Å². The van der Waals surface area contributed by atoms with Crippen LogP contribution in [0.1, 0.15) is 22.3 Å². The minimum absolute atomic E-state index is 0.0143. The molecule has 2 heterocycles. The number of rotatable bonds is 2. The van der Waals surface area contributed by atoms with Crippen molar-refractivity contribution < 1.29 is 9.59 Å². The van der Waals surface area contributed by atoms with Crippen LogP contribution in [0.3, 0.4) is 0 Å². The molecule has 3 rings (SSSR count). The molecule has 0 unspecified atom stereocenters. The van der Waals surface area contributed by atoms with E-state index in [4.69, 9.17) is 0 Å². The first kappa shape index (κ1) is 13.8. The number of carbonyl (C=O) groups is 2. The van der Waals surface area contributed by atoms with Gasteiger partial charge in [-0.15, -0.1) is 0 Å². The van der Waals surface area contributed by atoms with Gasteiger partial charge in [0.1, 0.15) is 0 Å². The number of benzene rings is 1. The minimum atomic E-state index is -0.193. The average Bonchev–Trinajstić information content (AvgIpc) is 2.49. The molecule has 0 atom stereocenters. The third-order valence-electron chi connectivity index (χ3n) is 3.28. The zero-order valence-electron chi connectivity index (χ0n) is 11.0. The average molecular weight is 346 g/mol. The smallest absolute Gasteiger partial charge is 0.255 e. The van der Waals surface area contributed by atoms with Gasteiger partial charge in [-0.2, -0.15) is 0 Å². The van der Waals surface area contributed by atoms with Crippen molar-refractivity contribution in [1.82, 2.24) is 4.98 Å². The molecule has 5 nitrogen and oxygen atoms in total. The molecule has 1 aliphatic rings. The molecule has 0 saturated heterocycles. The van der Waals surface area contributed by atoms with Gasteiger partial charge in [-0.05, 0) is 52.2 Å². The van der Waals surface area contributed by atoms with Crippen LogP contribution in [0.15, 0.2) is 41.1 Å². The van der Waals surface area contributed by atoms with E-state index in [1.165, 1.54) is 0 Å². The van der Waals surface area contributed by atoms with E-state index in [9.17, 15) is 9.59 Å². The van der Waals surface area contributed by atoms with Gasteiger partial charge in [-0.25, -0.2) is 0 Å². The highest BCUT2D eigenvalue weighted by atomic mass is 79.9. The number of nitrogens with one attached hydrogen (secondary N) is 2. The highest BCUT2D eigenvalue weighted by Gasteiger charge is 2.17. The zero-order chi connectivity index (χ0) is 14.8. The fourth-order valence-electron chi connectivity index (χ4n) is 2.20. The van der Waals surface area contributed by atoms with E-state index in [0.29, 0.717) is 24.1 Å². The number of hydrogen-bond donors (Lipinski definition) is 2. The van der Waals surface area contributed by atoms with E-state index >= 15 is 0 Å². The molecule has 0 saturated carbocycles. The number of hydrogen-bond acceptors (Lipinski definition) is 3. The minimum Gasteiger partial charge on any atom is -0.326 e. The lowest BCUT2D eigenvalue weighted by Gasteiger charge is -2.17. The number of aromatic nitrogens is 1. The first-order valence-electron chi connectivity index (χ1n) is 6.47. The molecule has 2 N–H and O–H groups in total. The van der Waals surface area contributed by atoms with Crippen LogP contribution >= 0.6 is 15.9 Å². The number of fused-ring (bicyclic) bond motifs is 1. The van der Waals surface area contributed by atoms with Crippen LogP contribution in [-0.4, -0.2) is 16.8 Å². The maximum atomic E-state index is 12.3. The second kappa shape index (κ2) is 5.65. The van der Waals surface area contributed by atoms with E-state index in [-0.39, 0.29) is 11.8 Å². The van der Waals surface area contributed by atoms with E-state index in [2.05, 4.69) is 31.5 Å². The van der Waals surface area contributed by atoms with Crippen molar-refractivity contribution in [1.29, 1.82) is 0 Å². The molecule has 0 radical (unpaired) electrons. The fourth-order valence-corrected chi connectivity index (χ4v) is 2.55. The Labute approximate surface area is 129 Å². The molecule has 2 aromatic rings. The molecule has 1 aliphatic heterocycles. The maximum Gasteiger partial charge on any atom is 0.255 e. The summed E-state index contributed by atoms with van der Waals surface area (Å²) < 4.78 is 0.726. The summed E-state index contributed by atoms with van der Waals surface area (Å²) in [7, 11) is 0. The summed E-state index contributed by atoms with van der Waals surface area (Å²) in [6, 6.07) is 7.01. The fraction of sp³-hybridized carbons (Fsp3) is 0.133. The van der Waals surface area contributed by atoms with Gasteiger partial charge in [-0.1, -0.05) is 0 Å². The van der Waals surface area contributed by atoms with Gasteiger partial charge in [0, 0.05) is 30.1 Å². The third kappa shape index (κ3) is 2.95. The molecule has 1 aromatic carbocycles. The first-order chi connectivity index (χ1) is 10.1. The number of nitrogens with zero attached hydrogens (tertiary/aromatic N) is 1. The standard InChI is InChI=1S/C15H12BrN3O2/c16-11-8-17-6-5-13(11)19-15(21)10-1-3-12-9(7-10)2-4-14(20)18-12/h1,3,5-8H,2,4H2,(H,18,20)(H,17,19,21). The van der Waals surface area contributed by atoms with Crippen molar-refractivity contribution in [2.24, 2.45) is 0 Å². The molecule has 0 aliphatic carbocycles. The number of aryl methyl sites for hydroxylation is 1. The Kier molecular flexibility index (Phi) is 3.70. The Balaban J connectivity index is 1.83. The van der Waals surface area contributed by atoms with Crippen molar-refractivity contribution in [2.75, 3.05) is 10.6 Å². The molecular formula is C15H12BrN3O2. The molecule has 2 amide bonds. The van der Waals surface area contributed by atoms with Gasteiger partial charge in [0.25, 0.3) is 5.91 Å². The van der Waals surface area contributed by atoms with Crippen LogP contribution in [-0.2, 0) is 11.2 Å². The van der Waals surface area contributed by atoms with Crippen LogP contribution in [0.2, 0.25) is 0 Å². The number of amides is 2. The Morgan fingerprint density at radius 3 is 2.95 bits per heavy atom. The summed E-state index contributed by atoms with van der Waals surface area (Å²) in [4.78, 5) is 27.5. The summed E-state index contributed by atoms with van der Waals surface area (Å²) in [6.07, 6.45) is 4.34. The molecule has 106 valence electrons. The second-order valence-corrected chi connectivity index (χ2v) is 5.58. The lowest BCUT2D eigenvalue weighted by molar-refractivity contribution is -0.116. The van der Waals surface area contributed by atoms with E-state index in [1.54, 1.807) is 30.6 Å². The van der Waals surface area contributed by atoms with E-state index in [1.807, 2.05) is 6.07 Å². The van der Waals surface area contributed by atoms with Crippen LogP contribution in [0.4, 0.5) is 11.4 Å². The van der Waals surface area contributed by atoms with E-state index in [0.717, 1.165) is 15.7 Å². The largest absolute Gasteiger partial charge is 0.326 e. The van der Waals surface area contributed by atoms with Crippen molar-refractivity contribution in [3.05, 3.63) is 52.3 Å². The Morgan fingerprint density at radius 1 is 1.29 bits per heavy atom. The Bertz CT molecular complexity index is 731. The molecule has 6 heteroatoms. The molecule has 21 heavy (non-hydrogen) atoms. The van der Waals surface area contributed by atoms with Crippen molar-refractivity contribution in [3.63, 3.8) is 0 Å². The summed E-state index contributed by atoms with van der Waals surface area (Å²) >= 11 is 3.34.